The van der Waals surface area contributed by atoms with Crippen molar-refractivity contribution in [1.29, 1.82) is 0 Å². The molecule has 0 fully saturated rings. The summed E-state index contributed by atoms with van der Waals surface area (Å²) in [6.45, 7) is 12.6. The maximum absolute atomic E-state index is 11.9. The maximum atomic E-state index is 11.9. The summed E-state index contributed by atoms with van der Waals surface area (Å²) in [5, 5.41) is 3.10. The van der Waals surface area contributed by atoms with E-state index in [1.54, 1.807) is 21.3 Å². The summed E-state index contributed by atoms with van der Waals surface area (Å²) in [6.07, 6.45) is 3.86. The van der Waals surface area contributed by atoms with Gasteiger partial charge in [0, 0.05) is 6.92 Å². The van der Waals surface area contributed by atoms with Gasteiger partial charge < -0.3 is 24.0 Å². The van der Waals surface area contributed by atoms with Crippen molar-refractivity contribution in [3.63, 3.8) is 0 Å². The molecule has 0 aromatic heterocycles. The molecule has 6 nitrogen and oxygen atoms in total. The lowest BCUT2D eigenvalue weighted by Crippen LogP contribution is -2.43. The number of hydrogen-bond acceptors (Lipinski definition) is 5. The largest absolute Gasteiger partial charge is 0.543 e. The lowest BCUT2D eigenvalue weighted by Gasteiger charge is -2.36. The first-order valence-corrected chi connectivity index (χ1v) is 13.9. The molecule has 2 rings (SSSR count). The molecule has 0 unspecified atom stereocenters. The summed E-state index contributed by atoms with van der Waals surface area (Å²) in [6, 6.07) is 11.3. The number of carbonyl (C=O) groups is 1. The van der Waals surface area contributed by atoms with Gasteiger partial charge in [0.25, 0.3) is 0 Å². The van der Waals surface area contributed by atoms with Gasteiger partial charge in [0.1, 0.15) is 5.75 Å². The highest BCUT2D eigenvalue weighted by Gasteiger charge is 2.39. The first-order valence-electron chi connectivity index (χ1n) is 11.0. The molecular formula is C26H37NO5Si. The summed E-state index contributed by atoms with van der Waals surface area (Å²) in [5.74, 6) is 2.36. The number of rotatable bonds is 9. The van der Waals surface area contributed by atoms with Crippen molar-refractivity contribution in [3.05, 3.63) is 53.6 Å². The van der Waals surface area contributed by atoms with E-state index >= 15 is 0 Å². The Balaban J connectivity index is 2.40. The Bertz CT molecular complexity index is 969. The predicted molar refractivity (Wildman–Crippen MR) is 136 cm³/mol. The van der Waals surface area contributed by atoms with Gasteiger partial charge in [-0.3, -0.25) is 4.79 Å². The monoisotopic (exact) mass is 471 g/mol. The van der Waals surface area contributed by atoms with E-state index in [0.29, 0.717) is 17.2 Å². The first kappa shape index (κ1) is 26.3. The molecule has 0 spiro atoms. The van der Waals surface area contributed by atoms with Crippen molar-refractivity contribution in [3.8, 4) is 23.0 Å². The first-order chi connectivity index (χ1) is 15.4. The average Bonchev–Trinajstić information content (AvgIpc) is 2.74. The Hall–Kier alpha value is -2.93. The second-order valence-electron chi connectivity index (χ2n) is 9.43. The minimum Gasteiger partial charge on any atom is -0.543 e. The van der Waals surface area contributed by atoms with Gasteiger partial charge in [-0.1, -0.05) is 45.1 Å². The molecule has 0 radical (unpaired) electrons. The van der Waals surface area contributed by atoms with Crippen LogP contribution in [0.3, 0.4) is 0 Å². The van der Waals surface area contributed by atoms with Crippen LogP contribution in [0.1, 0.15) is 44.9 Å². The molecule has 0 saturated carbocycles. The van der Waals surface area contributed by atoms with Crippen molar-refractivity contribution in [1.82, 2.24) is 5.32 Å². The van der Waals surface area contributed by atoms with Crippen molar-refractivity contribution in [2.45, 2.75) is 51.9 Å². The van der Waals surface area contributed by atoms with E-state index in [4.69, 9.17) is 18.6 Å². The quantitative estimate of drug-likeness (QED) is 0.455. The Morgan fingerprint density at radius 3 is 2.09 bits per heavy atom. The van der Waals surface area contributed by atoms with Crippen molar-refractivity contribution < 1.29 is 23.4 Å². The molecule has 2 aromatic rings. The highest BCUT2D eigenvalue weighted by Crippen LogP contribution is 2.39. The van der Waals surface area contributed by atoms with E-state index in [1.807, 2.05) is 48.6 Å². The normalized spacial score (nSPS) is 12.9. The highest BCUT2D eigenvalue weighted by atomic mass is 28.4. The average molecular weight is 472 g/mol. The fourth-order valence-electron chi connectivity index (χ4n) is 3.09. The molecule has 1 atom stereocenters. The van der Waals surface area contributed by atoms with Crippen LogP contribution in [-0.4, -0.2) is 35.6 Å². The Kier molecular flexibility index (Phi) is 8.61. The Labute approximate surface area is 199 Å². The van der Waals surface area contributed by atoms with Crippen molar-refractivity contribution in [2.75, 3.05) is 21.3 Å². The van der Waals surface area contributed by atoms with Crippen LogP contribution in [0, 0.1) is 0 Å². The van der Waals surface area contributed by atoms with Gasteiger partial charge in [-0.25, -0.2) is 0 Å². The van der Waals surface area contributed by atoms with Crippen LogP contribution in [0.15, 0.2) is 42.5 Å². The van der Waals surface area contributed by atoms with E-state index in [-0.39, 0.29) is 17.0 Å². The number of methoxy groups -OCH3 is 3. The van der Waals surface area contributed by atoms with E-state index in [1.165, 1.54) is 6.92 Å². The zero-order valence-electron chi connectivity index (χ0n) is 21.2. The van der Waals surface area contributed by atoms with Crippen LogP contribution >= 0.6 is 0 Å². The van der Waals surface area contributed by atoms with Crippen molar-refractivity contribution in [2.24, 2.45) is 0 Å². The minimum absolute atomic E-state index is 0.0897. The van der Waals surface area contributed by atoms with Crippen molar-refractivity contribution >= 4 is 20.3 Å². The van der Waals surface area contributed by atoms with E-state index < -0.39 is 8.32 Å². The number of amides is 1. The third kappa shape index (κ3) is 6.77. The van der Waals surface area contributed by atoms with Crippen LogP contribution in [0.4, 0.5) is 0 Å². The van der Waals surface area contributed by atoms with Gasteiger partial charge in [0.05, 0.1) is 27.4 Å². The van der Waals surface area contributed by atoms with Crippen LogP contribution in [0.25, 0.3) is 6.08 Å². The van der Waals surface area contributed by atoms with Gasteiger partial charge in [-0.05, 0) is 53.5 Å². The Morgan fingerprint density at radius 1 is 1.00 bits per heavy atom. The fraction of sp³-hybridized carbons (Fsp3) is 0.423. The van der Waals surface area contributed by atoms with E-state index in [9.17, 15) is 4.79 Å². The number of nitrogens with one attached hydrogen (secondary N) is 1. The number of ether oxygens (including phenoxy) is 3. The van der Waals surface area contributed by atoms with Crippen LogP contribution in [0.2, 0.25) is 18.1 Å². The summed E-state index contributed by atoms with van der Waals surface area (Å²) in [7, 11) is 2.75. The molecule has 0 aliphatic heterocycles. The number of hydrogen-bond donors (Lipinski definition) is 1. The highest BCUT2D eigenvalue weighted by molar-refractivity contribution is 6.74. The second-order valence-corrected chi connectivity index (χ2v) is 14.2. The molecule has 180 valence electrons. The van der Waals surface area contributed by atoms with Crippen LogP contribution < -0.4 is 24.0 Å². The zero-order valence-corrected chi connectivity index (χ0v) is 22.2. The fourth-order valence-corrected chi connectivity index (χ4v) is 4.11. The minimum atomic E-state index is -1.98. The second kappa shape index (κ2) is 10.8. The molecule has 33 heavy (non-hydrogen) atoms. The number of carbonyl (C=O) groups excluding carboxylic acids is 1. The SMILES string of the molecule is COc1cc(/C=C/[C@H](NC(C)=O)c2cccc(O[Si](C)(C)C(C)(C)C)c2)cc(OC)c1OC. The molecule has 7 heteroatoms. The summed E-state index contributed by atoms with van der Waals surface area (Å²) < 4.78 is 22.7. The van der Waals surface area contributed by atoms with Crippen LogP contribution in [-0.2, 0) is 4.79 Å². The van der Waals surface area contributed by atoms with Gasteiger partial charge in [-0.15, -0.1) is 0 Å². The molecule has 0 aliphatic carbocycles. The molecule has 1 N–H and O–H groups in total. The predicted octanol–water partition coefficient (Wildman–Crippen LogP) is 5.99. The summed E-state index contributed by atoms with van der Waals surface area (Å²) in [5.41, 5.74) is 1.79. The van der Waals surface area contributed by atoms with Crippen LogP contribution in [0.5, 0.6) is 23.0 Å². The molecule has 0 saturated heterocycles. The van der Waals surface area contributed by atoms with Gasteiger partial charge in [0.2, 0.25) is 20.0 Å². The lowest BCUT2D eigenvalue weighted by atomic mass is 10.0. The molecular weight excluding hydrogens is 434 g/mol. The van der Waals surface area contributed by atoms with E-state index in [0.717, 1.165) is 16.9 Å². The summed E-state index contributed by atoms with van der Waals surface area (Å²) >= 11 is 0. The van der Waals surface area contributed by atoms with E-state index in [2.05, 4.69) is 39.2 Å². The Morgan fingerprint density at radius 2 is 1.61 bits per heavy atom. The number of benzene rings is 2. The smallest absolute Gasteiger partial charge is 0.250 e. The third-order valence-electron chi connectivity index (χ3n) is 5.92. The maximum Gasteiger partial charge on any atom is 0.250 e. The zero-order chi connectivity index (χ0) is 24.8. The third-order valence-corrected chi connectivity index (χ3v) is 10.3. The lowest BCUT2D eigenvalue weighted by molar-refractivity contribution is -0.119. The van der Waals surface area contributed by atoms with Gasteiger partial charge in [-0.2, -0.15) is 0 Å². The molecule has 0 bridgehead atoms. The van der Waals surface area contributed by atoms with Gasteiger partial charge in [0.15, 0.2) is 11.5 Å². The molecule has 0 heterocycles. The summed E-state index contributed by atoms with van der Waals surface area (Å²) in [4.78, 5) is 11.9. The topological polar surface area (TPSA) is 66.0 Å². The molecule has 0 aliphatic rings. The standard InChI is InChI=1S/C26H37NO5Si/c1-18(28)27-22(14-13-19-15-23(29-5)25(31-7)24(16-19)30-6)20-11-10-12-21(17-20)32-33(8,9)26(2,3)4/h10-17,22H,1-9H3,(H,27,28)/b14-13+/t22-/m0/s1. The molecule has 2 aromatic carbocycles. The molecule has 1 amide bonds. The van der Waals surface area contributed by atoms with Gasteiger partial charge >= 0.3 is 0 Å².